The molecule has 100 valence electrons. The zero-order valence-corrected chi connectivity index (χ0v) is 13.3. The fourth-order valence-electron chi connectivity index (χ4n) is 1.86. The molecule has 2 rings (SSSR count). The van der Waals surface area contributed by atoms with Crippen molar-refractivity contribution in [3.8, 4) is 6.07 Å². The van der Waals surface area contributed by atoms with Crippen molar-refractivity contribution in [2.24, 2.45) is 0 Å². The molecule has 0 aliphatic heterocycles. The van der Waals surface area contributed by atoms with Crippen LogP contribution in [0.25, 0.3) is 0 Å². The van der Waals surface area contributed by atoms with Crippen LogP contribution >= 0.6 is 31.9 Å². The summed E-state index contributed by atoms with van der Waals surface area (Å²) >= 11 is 6.46. The van der Waals surface area contributed by atoms with Gasteiger partial charge in [-0.05, 0) is 39.7 Å². The van der Waals surface area contributed by atoms with Gasteiger partial charge in [0.15, 0.2) is 5.78 Å². The number of Topliss-reactive ketones (excluding diaryl/α,β-unsaturated/α-hetero) is 1. The van der Waals surface area contributed by atoms with Crippen molar-refractivity contribution >= 4 is 37.6 Å². The summed E-state index contributed by atoms with van der Waals surface area (Å²) in [5.74, 6) is -2.26. The number of ketones is 1. The number of carbonyl (C=O) groups excluding carboxylic acids is 1. The average molecular weight is 397 g/mol. The Morgan fingerprint density at radius 2 is 1.75 bits per heavy atom. The molecule has 0 N–H and O–H groups in total. The zero-order chi connectivity index (χ0) is 14.7. The van der Waals surface area contributed by atoms with Gasteiger partial charge in [-0.1, -0.05) is 40.2 Å². The predicted octanol–water partition coefficient (Wildman–Crippen LogP) is 4.84. The number of rotatable bonds is 3. The van der Waals surface area contributed by atoms with Crippen LogP contribution in [0.15, 0.2) is 51.4 Å². The van der Waals surface area contributed by atoms with E-state index in [9.17, 15) is 14.4 Å². The van der Waals surface area contributed by atoms with Crippen LogP contribution in [-0.2, 0) is 0 Å². The lowest BCUT2D eigenvalue weighted by Gasteiger charge is -2.12. The Labute approximate surface area is 132 Å². The Balaban J connectivity index is 2.52. The molecule has 0 spiro atoms. The number of carbonyl (C=O) groups is 1. The first-order valence-electron chi connectivity index (χ1n) is 5.68. The van der Waals surface area contributed by atoms with E-state index >= 15 is 0 Å². The molecule has 2 nitrogen and oxygen atoms in total. The number of hydrogen-bond donors (Lipinski definition) is 0. The molecule has 0 radical (unpaired) electrons. The lowest BCUT2D eigenvalue weighted by Crippen LogP contribution is -2.14. The Morgan fingerprint density at radius 1 is 1.10 bits per heavy atom. The minimum Gasteiger partial charge on any atom is -0.292 e. The van der Waals surface area contributed by atoms with Crippen molar-refractivity contribution < 1.29 is 9.18 Å². The summed E-state index contributed by atoms with van der Waals surface area (Å²) in [4.78, 5) is 12.5. The molecular formula is C15H8Br2FNO. The van der Waals surface area contributed by atoms with Gasteiger partial charge >= 0.3 is 0 Å². The molecule has 2 aromatic rings. The fourth-order valence-corrected chi connectivity index (χ4v) is 2.91. The second kappa shape index (κ2) is 6.29. The molecule has 5 heteroatoms. The molecule has 0 amide bonds. The van der Waals surface area contributed by atoms with Crippen LogP contribution in [0.1, 0.15) is 21.8 Å². The quantitative estimate of drug-likeness (QED) is 0.696. The maximum atomic E-state index is 13.8. The maximum absolute atomic E-state index is 13.8. The first-order valence-corrected chi connectivity index (χ1v) is 7.27. The van der Waals surface area contributed by atoms with Gasteiger partial charge in [-0.15, -0.1) is 0 Å². The standard InChI is InChI=1S/C15H8Br2FNO/c16-11-5-2-1-4-9(11)10(8-19)15(20)14-12(17)6-3-7-13(14)18/h1-7,10H. The normalized spacial score (nSPS) is 11.7. The number of benzene rings is 2. The van der Waals surface area contributed by atoms with E-state index in [2.05, 4.69) is 31.9 Å². The van der Waals surface area contributed by atoms with Gasteiger partial charge in [0.05, 0.1) is 11.6 Å². The molecule has 20 heavy (non-hydrogen) atoms. The first kappa shape index (κ1) is 14.9. The summed E-state index contributed by atoms with van der Waals surface area (Å²) in [6, 6.07) is 13.1. The largest absolute Gasteiger partial charge is 0.292 e. The van der Waals surface area contributed by atoms with Crippen LogP contribution in [-0.4, -0.2) is 5.78 Å². The highest BCUT2D eigenvalue weighted by molar-refractivity contribution is 9.10. The van der Waals surface area contributed by atoms with Gasteiger partial charge in [0, 0.05) is 8.95 Å². The van der Waals surface area contributed by atoms with Crippen LogP contribution in [0.4, 0.5) is 4.39 Å². The van der Waals surface area contributed by atoms with E-state index in [-0.39, 0.29) is 5.56 Å². The first-order chi connectivity index (χ1) is 9.56. The van der Waals surface area contributed by atoms with Crippen LogP contribution in [0.5, 0.6) is 0 Å². The Morgan fingerprint density at radius 3 is 2.35 bits per heavy atom. The smallest absolute Gasteiger partial charge is 0.188 e. The van der Waals surface area contributed by atoms with E-state index in [1.165, 1.54) is 12.1 Å². The third-order valence-electron chi connectivity index (χ3n) is 2.82. The predicted molar refractivity (Wildman–Crippen MR) is 80.9 cm³/mol. The molecule has 0 aliphatic carbocycles. The number of nitriles is 1. The number of nitrogens with zero attached hydrogens (tertiary/aromatic N) is 1. The lowest BCUT2D eigenvalue weighted by atomic mass is 9.91. The molecule has 1 atom stereocenters. The summed E-state index contributed by atoms with van der Waals surface area (Å²) in [5.41, 5.74) is 0.421. The van der Waals surface area contributed by atoms with Crippen molar-refractivity contribution in [2.75, 3.05) is 0 Å². The van der Waals surface area contributed by atoms with Crippen LogP contribution in [0, 0.1) is 17.1 Å². The highest BCUT2D eigenvalue weighted by atomic mass is 79.9. The van der Waals surface area contributed by atoms with Crippen LogP contribution in [0.3, 0.4) is 0 Å². The molecule has 0 saturated heterocycles. The van der Waals surface area contributed by atoms with Gasteiger partial charge in [0.25, 0.3) is 0 Å². The molecule has 0 aliphatic rings. The molecule has 0 aromatic heterocycles. The molecule has 0 fully saturated rings. The van der Waals surface area contributed by atoms with E-state index in [1.54, 1.807) is 30.3 Å². The second-order valence-electron chi connectivity index (χ2n) is 4.04. The van der Waals surface area contributed by atoms with Crippen LogP contribution < -0.4 is 0 Å². The summed E-state index contributed by atoms with van der Waals surface area (Å²) < 4.78 is 14.8. The number of halogens is 3. The third-order valence-corrected chi connectivity index (χ3v) is 4.20. The summed E-state index contributed by atoms with van der Waals surface area (Å²) in [5, 5.41) is 9.29. The topological polar surface area (TPSA) is 40.9 Å². The highest BCUT2D eigenvalue weighted by Gasteiger charge is 2.27. The SMILES string of the molecule is N#CC(C(=O)c1c(F)cccc1Br)c1ccccc1Br. The fraction of sp³-hybridized carbons (Fsp3) is 0.0667. The maximum Gasteiger partial charge on any atom is 0.188 e. The van der Waals surface area contributed by atoms with Gasteiger partial charge in [-0.2, -0.15) is 5.26 Å². The van der Waals surface area contributed by atoms with Gasteiger partial charge in [-0.3, -0.25) is 4.79 Å². The third kappa shape index (κ3) is 2.82. The number of hydrogen-bond acceptors (Lipinski definition) is 2. The molecule has 0 saturated carbocycles. The lowest BCUT2D eigenvalue weighted by molar-refractivity contribution is 0.0974. The van der Waals surface area contributed by atoms with Gasteiger partial charge < -0.3 is 0 Å². The monoisotopic (exact) mass is 395 g/mol. The molecule has 2 aromatic carbocycles. The summed E-state index contributed by atoms with van der Waals surface area (Å²) in [6.45, 7) is 0. The Hall–Kier alpha value is -1.51. The van der Waals surface area contributed by atoms with E-state index in [1.807, 2.05) is 6.07 Å². The summed E-state index contributed by atoms with van der Waals surface area (Å²) in [7, 11) is 0. The van der Waals surface area contributed by atoms with Crippen molar-refractivity contribution in [3.63, 3.8) is 0 Å². The Kier molecular flexibility index (Phi) is 4.69. The second-order valence-corrected chi connectivity index (χ2v) is 5.75. The summed E-state index contributed by atoms with van der Waals surface area (Å²) in [6.07, 6.45) is 0. The van der Waals surface area contributed by atoms with Crippen LogP contribution in [0.2, 0.25) is 0 Å². The van der Waals surface area contributed by atoms with E-state index < -0.39 is 17.5 Å². The van der Waals surface area contributed by atoms with E-state index in [4.69, 9.17) is 0 Å². The highest BCUT2D eigenvalue weighted by Crippen LogP contribution is 2.30. The van der Waals surface area contributed by atoms with Crippen molar-refractivity contribution in [1.82, 2.24) is 0 Å². The van der Waals surface area contributed by atoms with Gasteiger partial charge in [0.1, 0.15) is 11.7 Å². The zero-order valence-electron chi connectivity index (χ0n) is 10.1. The van der Waals surface area contributed by atoms with Crippen molar-refractivity contribution in [1.29, 1.82) is 5.26 Å². The Bertz CT molecular complexity index is 689. The average Bonchev–Trinajstić information content (AvgIpc) is 2.41. The van der Waals surface area contributed by atoms with Crippen molar-refractivity contribution in [2.45, 2.75) is 5.92 Å². The van der Waals surface area contributed by atoms with Gasteiger partial charge in [-0.25, -0.2) is 4.39 Å². The van der Waals surface area contributed by atoms with Gasteiger partial charge in [0.2, 0.25) is 0 Å². The van der Waals surface area contributed by atoms with E-state index in [0.717, 1.165) is 0 Å². The molecule has 0 bridgehead atoms. The molecule has 1 unspecified atom stereocenters. The van der Waals surface area contributed by atoms with E-state index in [0.29, 0.717) is 14.5 Å². The molecular weight excluding hydrogens is 389 g/mol. The minimum absolute atomic E-state index is 0.102. The minimum atomic E-state index is -1.06. The van der Waals surface area contributed by atoms with Crippen molar-refractivity contribution in [3.05, 3.63) is 68.4 Å². The molecule has 0 heterocycles.